The first-order valence-corrected chi connectivity index (χ1v) is 5.70. The highest BCUT2D eigenvalue weighted by atomic mass is 16.2. The van der Waals surface area contributed by atoms with Gasteiger partial charge in [0.2, 0.25) is 5.91 Å². The molecule has 0 aliphatic carbocycles. The maximum atomic E-state index is 11.9. The summed E-state index contributed by atoms with van der Waals surface area (Å²) in [5.41, 5.74) is 7.45. The van der Waals surface area contributed by atoms with Gasteiger partial charge < -0.3 is 11.1 Å². The molecule has 96 valence electrons. The third kappa shape index (κ3) is 3.16. The number of amides is 2. The minimum absolute atomic E-state index is 0.251. The van der Waals surface area contributed by atoms with Crippen LogP contribution in [0.15, 0.2) is 42.6 Å². The van der Waals surface area contributed by atoms with E-state index in [0.717, 1.165) is 5.69 Å². The number of carbonyl (C=O) groups is 2. The quantitative estimate of drug-likeness (QED) is 0.876. The molecular weight excluding hydrogens is 242 g/mol. The molecule has 1 aromatic carbocycles. The van der Waals surface area contributed by atoms with E-state index in [4.69, 9.17) is 5.73 Å². The van der Waals surface area contributed by atoms with E-state index in [-0.39, 0.29) is 5.91 Å². The predicted octanol–water partition coefficient (Wildman–Crippen LogP) is 1.74. The second-order valence-electron chi connectivity index (χ2n) is 4.08. The number of aromatic nitrogens is 1. The van der Waals surface area contributed by atoms with Crippen LogP contribution in [0.5, 0.6) is 0 Å². The molecule has 1 aromatic heterocycles. The molecule has 0 bridgehead atoms. The van der Waals surface area contributed by atoms with E-state index in [0.29, 0.717) is 16.8 Å². The molecule has 2 rings (SSSR count). The fourth-order valence-electron chi connectivity index (χ4n) is 1.52. The predicted molar refractivity (Wildman–Crippen MR) is 71.9 cm³/mol. The molecule has 2 amide bonds. The van der Waals surface area contributed by atoms with Crippen molar-refractivity contribution < 1.29 is 9.59 Å². The summed E-state index contributed by atoms with van der Waals surface area (Å²) in [6.45, 7) is 1.85. The minimum atomic E-state index is -0.499. The molecule has 0 saturated heterocycles. The van der Waals surface area contributed by atoms with Gasteiger partial charge in [-0.1, -0.05) is 0 Å². The molecule has 3 N–H and O–H groups in total. The van der Waals surface area contributed by atoms with Crippen LogP contribution in [0, 0.1) is 6.92 Å². The van der Waals surface area contributed by atoms with Crippen LogP contribution in [0.4, 0.5) is 5.69 Å². The smallest absolute Gasteiger partial charge is 0.257 e. The topological polar surface area (TPSA) is 85.1 Å². The Bertz CT molecular complexity index is 604. The Morgan fingerprint density at radius 1 is 1.05 bits per heavy atom. The maximum Gasteiger partial charge on any atom is 0.257 e. The van der Waals surface area contributed by atoms with Crippen LogP contribution in [0.3, 0.4) is 0 Å². The number of hydrogen-bond acceptors (Lipinski definition) is 3. The van der Waals surface area contributed by atoms with Crippen LogP contribution in [-0.2, 0) is 0 Å². The van der Waals surface area contributed by atoms with E-state index in [9.17, 15) is 9.59 Å². The highest BCUT2D eigenvalue weighted by Crippen LogP contribution is 2.11. The van der Waals surface area contributed by atoms with Crippen molar-refractivity contribution in [3.05, 3.63) is 59.4 Å². The fraction of sp³-hybridized carbons (Fsp3) is 0.0714. The van der Waals surface area contributed by atoms with Gasteiger partial charge >= 0.3 is 0 Å². The molecule has 0 aliphatic heterocycles. The number of rotatable bonds is 3. The van der Waals surface area contributed by atoms with Crippen molar-refractivity contribution in [3.8, 4) is 0 Å². The number of nitrogens with two attached hydrogens (primary N) is 1. The lowest BCUT2D eigenvalue weighted by Crippen LogP contribution is -2.13. The highest BCUT2D eigenvalue weighted by molar-refractivity contribution is 6.04. The van der Waals surface area contributed by atoms with Gasteiger partial charge in [0.25, 0.3) is 5.91 Å². The SMILES string of the molecule is Cc1ccc(C(=O)Nc2ccc(C(N)=O)cc2)cn1. The van der Waals surface area contributed by atoms with Crippen LogP contribution in [0.2, 0.25) is 0 Å². The standard InChI is InChI=1S/C14H13N3O2/c1-9-2-3-11(8-16-9)14(19)17-12-6-4-10(5-7-12)13(15)18/h2-8H,1H3,(H2,15,18)(H,17,19). The van der Waals surface area contributed by atoms with Crippen LogP contribution in [-0.4, -0.2) is 16.8 Å². The van der Waals surface area contributed by atoms with Gasteiger partial charge in [-0.2, -0.15) is 0 Å². The zero-order valence-corrected chi connectivity index (χ0v) is 10.4. The summed E-state index contributed by atoms with van der Waals surface area (Å²) in [6, 6.07) is 9.84. The monoisotopic (exact) mass is 255 g/mol. The average molecular weight is 255 g/mol. The van der Waals surface area contributed by atoms with Gasteiger partial charge in [0.05, 0.1) is 5.56 Å². The number of aryl methyl sites for hydroxylation is 1. The number of carbonyl (C=O) groups excluding carboxylic acids is 2. The lowest BCUT2D eigenvalue weighted by Gasteiger charge is -2.05. The number of primary amides is 1. The van der Waals surface area contributed by atoms with Crippen molar-refractivity contribution in [1.29, 1.82) is 0 Å². The molecule has 0 atom stereocenters. The Labute approximate surface area is 110 Å². The Hall–Kier alpha value is -2.69. The van der Waals surface area contributed by atoms with Crippen LogP contribution < -0.4 is 11.1 Å². The van der Waals surface area contributed by atoms with Gasteiger partial charge in [0.1, 0.15) is 0 Å². The summed E-state index contributed by atoms with van der Waals surface area (Å²) < 4.78 is 0. The van der Waals surface area contributed by atoms with Crippen molar-refractivity contribution in [2.45, 2.75) is 6.92 Å². The number of pyridine rings is 1. The van der Waals surface area contributed by atoms with Crippen LogP contribution in [0.25, 0.3) is 0 Å². The Kier molecular flexibility index (Phi) is 3.56. The fourth-order valence-corrected chi connectivity index (χ4v) is 1.52. The molecule has 5 heteroatoms. The summed E-state index contributed by atoms with van der Waals surface area (Å²) in [6.07, 6.45) is 1.52. The lowest BCUT2D eigenvalue weighted by atomic mass is 10.2. The molecule has 19 heavy (non-hydrogen) atoms. The van der Waals surface area contributed by atoms with E-state index >= 15 is 0 Å². The first-order chi connectivity index (χ1) is 9.06. The van der Waals surface area contributed by atoms with Crippen LogP contribution in [0.1, 0.15) is 26.4 Å². The second-order valence-corrected chi connectivity index (χ2v) is 4.08. The van der Waals surface area contributed by atoms with E-state index in [1.54, 1.807) is 36.4 Å². The van der Waals surface area contributed by atoms with Gasteiger partial charge in [0.15, 0.2) is 0 Å². The van der Waals surface area contributed by atoms with Gasteiger partial charge in [-0.05, 0) is 43.3 Å². The van der Waals surface area contributed by atoms with E-state index in [1.807, 2.05) is 6.92 Å². The third-order valence-corrected chi connectivity index (χ3v) is 2.60. The van der Waals surface area contributed by atoms with Gasteiger partial charge in [-0.3, -0.25) is 14.6 Å². The molecule has 0 fully saturated rings. The number of nitrogens with one attached hydrogen (secondary N) is 1. The van der Waals surface area contributed by atoms with Gasteiger partial charge in [0, 0.05) is 23.1 Å². The van der Waals surface area contributed by atoms with E-state index in [1.165, 1.54) is 6.20 Å². The van der Waals surface area contributed by atoms with Gasteiger partial charge in [-0.15, -0.1) is 0 Å². The largest absolute Gasteiger partial charge is 0.366 e. The van der Waals surface area contributed by atoms with Crippen molar-refractivity contribution in [1.82, 2.24) is 4.98 Å². The zero-order chi connectivity index (χ0) is 13.8. The third-order valence-electron chi connectivity index (χ3n) is 2.60. The molecule has 0 radical (unpaired) electrons. The molecule has 0 spiro atoms. The Balaban J connectivity index is 2.10. The summed E-state index contributed by atoms with van der Waals surface area (Å²) in [5, 5.41) is 2.71. The first kappa shape index (κ1) is 12.8. The lowest BCUT2D eigenvalue weighted by molar-refractivity contribution is 0.0998. The van der Waals surface area contributed by atoms with E-state index in [2.05, 4.69) is 10.3 Å². The summed E-state index contributed by atoms with van der Waals surface area (Å²) >= 11 is 0. The van der Waals surface area contributed by atoms with Gasteiger partial charge in [-0.25, -0.2) is 0 Å². The molecule has 1 heterocycles. The summed E-state index contributed by atoms with van der Waals surface area (Å²) in [5.74, 6) is -0.750. The van der Waals surface area contributed by atoms with Crippen molar-refractivity contribution in [3.63, 3.8) is 0 Å². The second kappa shape index (κ2) is 5.30. The number of hydrogen-bond donors (Lipinski definition) is 2. The number of anilines is 1. The number of benzene rings is 1. The van der Waals surface area contributed by atoms with Crippen molar-refractivity contribution in [2.24, 2.45) is 5.73 Å². The zero-order valence-electron chi connectivity index (χ0n) is 10.4. The molecule has 0 saturated carbocycles. The molecule has 0 aliphatic rings. The Morgan fingerprint density at radius 3 is 2.21 bits per heavy atom. The average Bonchev–Trinajstić information content (AvgIpc) is 2.40. The first-order valence-electron chi connectivity index (χ1n) is 5.70. The van der Waals surface area contributed by atoms with Crippen LogP contribution >= 0.6 is 0 Å². The molecule has 2 aromatic rings. The van der Waals surface area contributed by atoms with Crippen molar-refractivity contribution in [2.75, 3.05) is 5.32 Å². The summed E-state index contributed by atoms with van der Waals surface area (Å²) in [4.78, 5) is 26.9. The molecule has 0 unspecified atom stereocenters. The molecular formula is C14H13N3O2. The molecule has 5 nitrogen and oxygen atoms in total. The minimum Gasteiger partial charge on any atom is -0.366 e. The Morgan fingerprint density at radius 2 is 1.68 bits per heavy atom. The summed E-state index contributed by atoms with van der Waals surface area (Å²) in [7, 11) is 0. The normalized spacial score (nSPS) is 9.95. The number of nitrogens with zero attached hydrogens (tertiary/aromatic N) is 1. The van der Waals surface area contributed by atoms with E-state index < -0.39 is 5.91 Å². The van der Waals surface area contributed by atoms with Crippen molar-refractivity contribution >= 4 is 17.5 Å². The highest BCUT2D eigenvalue weighted by Gasteiger charge is 2.06. The maximum absolute atomic E-state index is 11.9.